The summed E-state index contributed by atoms with van der Waals surface area (Å²) in [7, 11) is 0. The van der Waals surface area contributed by atoms with E-state index in [1.807, 2.05) is 0 Å². The van der Waals surface area contributed by atoms with Crippen LogP contribution in [0, 0.1) is 0 Å². The fourth-order valence-electron chi connectivity index (χ4n) is 5.19. The smallest absolute Gasteiger partial charge is 0.276 e. The fraction of sp³-hybridized carbons (Fsp3) is 0.208. The van der Waals surface area contributed by atoms with E-state index in [-0.39, 0.29) is 5.92 Å². The second-order valence-electron chi connectivity index (χ2n) is 7.63. The van der Waals surface area contributed by atoms with Gasteiger partial charge in [-0.2, -0.15) is 4.79 Å². The SMILES string of the molecule is CC(C)c1cccc2c1C1(C=[N+]=[N-])c3ccccc3C2c2ccccc21. The normalized spacial score (nSPS) is 21.6. The maximum absolute atomic E-state index is 9.71. The molecular formula is C24H20N2. The molecule has 2 nitrogen and oxygen atoms in total. The number of rotatable bonds is 2. The quantitative estimate of drug-likeness (QED) is 0.348. The van der Waals surface area contributed by atoms with E-state index in [2.05, 4.69) is 85.4 Å². The standard InChI is InChI=1S/C24H20N2/c1-15(2)16-10-7-11-19-22-17-8-3-5-12-20(17)24(14-26-25,23(16)19)21-13-6-4-9-18(21)22/h3-15,22H,1-2H3. The van der Waals surface area contributed by atoms with Gasteiger partial charge in [-0.1, -0.05) is 80.6 Å². The lowest BCUT2D eigenvalue weighted by atomic mass is 9.52. The van der Waals surface area contributed by atoms with Crippen molar-refractivity contribution < 1.29 is 4.79 Å². The monoisotopic (exact) mass is 336 g/mol. The highest BCUT2D eigenvalue weighted by molar-refractivity contribution is 5.90. The minimum absolute atomic E-state index is 0.241. The van der Waals surface area contributed by atoms with Gasteiger partial charge >= 0.3 is 0 Å². The Hall–Kier alpha value is -2.96. The molecule has 0 radical (unpaired) electrons. The van der Waals surface area contributed by atoms with Crippen molar-refractivity contribution in [2.75, 3.05) is 0 Å². The van der Waals surface area contributed by atoms with E-state index in [9.17, 15) is 5.53 Å². The van der Waals surface area contributed by atoms with Gasteiger partial charge in [0.15, 0.2) is 0 Å². The predicted molar refractivity (Wildman–Crippen MR) is 104 cm³/mol. The van der Waals surface area contributed by atoms with Crippen LogP contribution in [-0.4, -0.2) is 11.0 Å². The zero-order valence-corrected chi connectivity index (χ0v) is 15.0. The molecule has 3 aromatic carbocycles. The molecule has 0 N–H and O–H groups in total. The van der Waals surface area contributed by atoms with Crippen LogP contribution in [0.1, 0.15) is 64.6 Å². The van der Waals surface area contributed by atoms with Gasteiger partial charge < -0.3 is 5.53 Å². The lowest BCUT2D eigenvalue weighted by Gasteiger charge is -2.47. The lowest BCUT2D eigenvalue weighted by Crippen LogP contribution is -2.44. The highest BCUT2D eigenvalue weighted by atomic mass is 14.8. The van der Waals surface area contributed by atoms with Crippen LogP contribution < -0.4 is 0 Å². The largest absolute Gasteiger partial charge is 0.362 e. The highest BCUT2D eigenvalue weighted by Gasteiger charge is 2.54. The van der Waals surface area contributed by atoms with Crippen molar-refractivity contribution in [2.45, 2.75) is 31.1 Å². The molecule has 0 saturated heterocycles. The molecule has 0 heterocycles. The molecule has 2 heteroatoms. The number of nitrogens with zero attached hydrogens (tertiary/aromatic N) is 2. The van der Waals surface area contributed by atoms with Crippen LogP contribution in [0.2, 0.25) is 0 Å². The number of hydrogen-bond acceptors (Lipinski definition) is 0. The van der Waals surface area contributed by atoms with Crippen LogP contribution >= 0.6 is 0 Å². The van der Waals surface area contributed by atoms with E-state index in [1.165, 1.54) is 38.9 Å². The first-order valence-corrected chi connectivity index (χ1v) is 9.20. The maximum atomic E-state index is 9.71. The third-order valence-electron chi connectivity index (χ3n) is 6.10. The Morgan fingerprint density at radius 2 is 1.42 bits per heavy atom. The summed E-state index contributed by atoms with van der Waals surface area (Å²) in [5.74, 6) is 0.637. The van der Waals surface area contributed by atoms with Gasteiger partial charge in [0.1, 0.15) is 5.41 Å². The summed E-state index contributed by atoms with van der Waals surface area (Å²) in [6.07, 6.45) is 1.74. The summed E-state index contributed by atoms with van der Waals surface area (Å²) in [6.45, 7) is 4.47. The summed E-state index contributed by atoms with van der Waals surface area (Å²) in [5.41, 5.74) is 18.3. The molecule has 2 bridgehead atoms. The van der Waals surface area contributed by atoms with Crippen molar-refractivity contribution >= 4 is 6.21 Å². The Bertz CT molecular complexity index is 1040. The first-order chi connectivity index (χ1) is 12.7. The van der Waals surface area contributed by atoms with Crippen LogP contribution in [0.3, 0.4) is 0 Å². The molecule has 3 aliphatic carbocycles. The van der Waals surface area contributed by atoms with Gasteiger partial charge in [-0.05, 0) is 44.9 Å². The minimum atomic E-state index is -0.535. The van der Waals surface area contributed by atoms with Crippen LogP contribution in [0.25, 0.3) is 5.53 Å². The second-order valence-corrected chi connectivity index (χ2v) is 7.63. The fourth-order valence-corrected chi connectivity index (χ4v) is 5.19. The van der Waals surface area contributed by atoms with Gasteiger partial charge in [-0.25, -0.2) is 0 Å². The maximum Gasteiger partial charge on any atom is 0.276 e. The molecule has 3 aromatic rings. The Morgan fingerprint density at radius 3 is 2.00 bits per heavy atom. The second kappa shape index (κ2) is 5.27. The average molecular weight is 336 g/mol. The molecule has 0 fully saturated rings. The summed E-state index contributed by atoms with van der Waals surface area (Å²) < 4.78 is 0. The Morgan fingerprint density at radius 1 is 0.846 bits per heavy atom. The van der Waals surface area contributed by atoms with Gasteiger partial charge in [0, 0.05) is 5.92 Å². The van der Waals surface area contributed by atoms with E-state index in [0.717, 1.165) is 0 Å². The predicted octanol–water partition coefficient (Wildman–Crippen LogP) is 5.25. The summed E-state index contributed by atoms with van der Waals surface area (Å²) in [5, 5.41) is 0. The molecule has 6 rings (SSSR count). The van der Waals surface area contributed by atoms with Gasteiger partial charge in [0.25, 0.3) is 6.21 Å². The van der Waals surface area contributed by atoms with Crippen molar-refractivity contribution in [3.63, 3.8) is 0 Å². The molecule has 26 heavy (non-hydrogen) atoms. The molecule has 0 saturated carbocycles. The number of hydrogen-bond donors (Lipinski definition) is 0. The minimum Gasteiger partial charge on any atom is -0.362 e. The molecule has 126 valence electrons. The van der Waals surface area contributed by atoms with Crippen molar-refractivity contribution in [2.24, 2.45) is 0 Å². The van der Waals surface area contributed by atoms with Crippen molar-refractivity contribution in [3.8, 4) is 0 Å². The van der Waals surface area contributed by atoms with Gasteiger partial charge in [-0.3, -0.25) is 0 Å². The van der Waals surface area contributed by atoms with Crippen LogP contribution in [0.5, 0.6) is 0 Å². The zero-order chi connectivity index (χ0) is 17.9. The highest BCUT2D eigenvalue weighted by Crippen LogP contribution is 2.59. The topological polar surface area (TPSA) is 36.4 Å². The summed E-state index contributed by atoms with van der Waals surface area (Å²) in [6, 6.07) is 23.9. The van der Waals surface area contributed by atoms with Gasteiger partial charge in [-0.15, -0.1) is 0 Å². The molecule has 0 unspecified atom stereocenters. The van der Waals surface area contributed by atoms with Crippen molar-refractivity contribution in [1.82, 2.24) is 0 Å². The van der Waals surface area contributed by atoms with E-state index >= 15 is 0 Å². The molecular weight excluding hydrogens is 316 g/mol. The Labute approximate surface area is 153 Å². The molecule has 0 aromatic heterocycles. The van der Waals surface area contributed by atoms with E-state index < -0.39 is 5.41 Å². The Balaban J connectivity index is 2.03. The summed E-state index contributed by atoms with van der Waals surface area (Å²) >= 11 is 0. The van der Waals surface area contributed by atoms with E-state index in [4.69, 9.17) is 0 Å². The lowest BCUT2D eigenvalue weighted by molar-refractivity contribution is -0.00253. The zero-order valence-electron chi connectivity index (χ0n) is 15.0. The average Bonchev–Trinajstić information content (AvgIpc) is 2.68. The first kappa shape index (κ1) is 15.3. The van der Waals surface area contributed by atoms with Crippen LogP contribution in [0.15, 0.2) is 66.7 Å². The van der Waals surface area contributed by atoms with Crippen molar-refractivity contribution in [3.05, 3.63) is 111 Å². The first-order valence-electron chi connectivity index (χ1n) is 9.20. The Kier molecular flexibility index (Phi) is 3.10. The molecule has 0 amide bonds. The van der Waals surface area contributed by atoms with Gasteiger partial charge in [0.05, 0.1) is 0 Å². The molecule has 0 aliphatic heterocycles. The van der Waals surface area contributed by atoms with E-state index in [0.29, 0.717) is 5.92 Å². The van der Waals surface area contributed by atoms with Crippen LogP contribution in [0.4, 0.5) is 0 Å². The molecule has 0 atom stereocenters. The number of benzene rings is 3. The molecule has 0 spiro atoms. The van der Waals surface area contributed by atoms with Crippen LogP contribution in [-0.2, 0) is 5.41 Å². The summed E-state index contributed by atoms with van der Waals surface area (Å²) in [4.78, 5) is 3.60. The molecule has 3 aliphatic rings. The van der Waals surface area contributed by atoms with Gasteiger partial charge in [0.2, 0.25) is 0 Å². The van der Waals surface area contributed by atoms with Crippen molar-refractivity contribution in [1.29, 1.82) is 0 Å². The third kappa shape index (κ3) is 1.67. The van der Waals surface area contributed by atoms with E-state index in [1.54, 1.807) is 6.21 Å². The third-order valence-corrected chi connectivity index (χ3v) is 6.10.